The molecule has 9 nitrogen and oxygen atoms in total. The Kier molecular flexibility index (Phi) is 5.43. The number of esters is 1. The topological polar surface area (TPSA) is 110 Å². The number of hydrogen-bond donors (Lipinski definition) is 2. The van der Waals surface area contributed by atoms with Crippen LogP contribution in [0.2, 0.25) is 0 Å². The van der Waals surface area contributed by atoms with Gasteiger partial charge in [-0.15, -0.1) is 0 Å². The molecule has 3 aliphatic heterocycles. The summed E-state index contributed by atoms with van der Waals surface area (Å²) in [7, 11) is 1.28. The number of aromatic amines is 1. The third kappa shape index (κ3) is 3.93. The summed E-state index contributed by atoms with van der Waals surface area (Å²) in [4.78, 5) is 26.3. The van der Waals surface area contributed by atoms with E-state index in [0.29, 0.717) is 25.3 Å². The fourth-order valence-electron chi connectivity index (χ4n) is 3.45. The predicted molar refractivity (Wildman–Crippen MR) is 104 cm³/mol. The van der Waals surface area contributed by atoms with E-state index in [1.54, 1.807) is 17.0 Å². The third-order valence-corrected chi connectivity index (χ3v) is 5.08. The van der Waals surface area contributed by atoms with Crippen LogP contribution < -0.4 is 5.56 Å². The number of hydrogen-bond acceptors (Lipinski definition) is 7. The highest BCUT2D eigenvalue weighted by molar-refractivity contribution is 5.96. The molecule has 4 rings (SSSR count). The van der Waals surface area contributed by atoms with Crippen molar-refractivity contribution in [1.29, 1.82) is 0 Å². The number of aliphatic hydroxyl groups excluding tert-OH is 1. The zero-order chi connectivity index (χ0) is 20.4. The van der Waals surface area contributed by atoms with Crippen LogP contribution in [-0.2, 0) is 9.47 Å². The third-order valence-electron chi connectivity index (χ3n) is 5.08. The van der Waals surface area contributed by atoms with E-state index in [1.807, 2.05) is 24.3 Å². The van der Waals surface area contributed by atoms with Gasteiger partial charge in [0.2, 0.25) is 0 Å². The molecule has 0 aromatic heterocycles. The Morgan fingerprint density at radius 3 is 2.69 bits per heavy atom. The Morgan fingerprint density at radius 2 is 2.00 bits per heavy atom. The fourth-order valence-corrected chi connectivity index (χ4v) is 3.45. The first-order valence-electron chi connectivity index (χ1n) is 9.34. The summed E-state index contributed by atoms with van der Waals surface area (Å²) < 4.78 is 11.8. The molecule has 9 heteroatoms. The van der Waals surface area contributed by atoms with E-state index in [-0.39, 0.29) is 16.8 Å². The quantitative estimate of drug-likeness (QED) is 0.612. The summed E-state index contributed by atoms with van der Waals surface area (Å²) >= 11 is 0. The van der Waals surface area contributed by atoms with Crippen LogP contribution in [0.4, 0.5) is 0 Å². The van der Waals surface area contributed by atoms with Crippen LogP contribution in [-0.4, -0.2) is 70.7 Å². The second kappa shape index (κ2) is 8.16. The highest BCUT2D eigenvalue weighted by atomic mass is 16.5. The summed E-state index contributed by atoms with van der Waals surface area (Å²) in [6, 6.07) is 7.33. The van der Waals surface area contributed by atoms with Gasteiger partial charge in [-0.1, -0.05) is 12.1 Å². The Morgan fingerprint density at radius 1 is 1.28 bits per heavy atom. The van der Waals surface area contributed by atoms with Gasteiger partial charge in [0.25, 0.3) is 5.56 Å². The van der Waals surface area contributed by atoms with Gasteiger partial charge in [-0.25, -0.2) is 9.89 Å². The van der Waals surface area contributed by atoms with Crippen molar-refractivity contribution < 1.29 is 19.4 Å². The average Bonchev–Trinajstić information content (AvgIpc) is 3.14. The van der Waals surface area contributed by atoms with E-state index in [0.717, 1.165) is 24.3 Å². The molecule has 0 aliphatic carbocycles. The average molecular weight is 398 g/mol. The molecule has 152 valence electrons. The molecule has 1 aromatic carbocycles. The Bertz CT molecular complexity index is 1020. The van der Waals surface area contributed by atoms with Gasteiger partial charge in [0.05, 0.1) is 32.0 Å². The van der Waals surface area contributed by atoms with Crippen molar-refractivity contribution in [2.45, 2.75) is 6.10 Å². The van der Waals surface area contributed by atoms with E-state index in [2.05, 4.69) is 15.1 Å². The van der Waals surface area contributed by atoms with Gasteiger partial charge in [0.15, 0.2) is 0 Å². The number of carbonyl (C=O) groups excluding carboxylic acids is 1. The Balaban J connectivity index is 1.61. The number of H-pyrrole nitrogens is 1. The Hall–Kier alpha value is -3.01. The molecule has 1 saturated heterocycles. The zero-order valence-electron chi connectivity index (χ0n) is 16.0. The van der Waals surface area contributed by atoms with E-state index in [9.17, 15) is 14.7 Å². The first kappa shape index (κ1) is 19.3. The molecule has 1 aromatic rings. The number of methoxy groups -OCH3 is 1. The van der Waals surface area contributed by atoms with Crippen LogP contribution in [0.5, 0.6) is 0 Å². The van der Waals surface area contributed by atoms with Gasteiger partial charge < -0.3 is 19.1 Å². The second-order valence-corrected chi connectivity index (χ2v) is 6.91. The molecule has 29 heavy (non-hydrogen) atoms. The number of carbonyl (C=O) groups is 1. The molecular weight excluding hydrogens is 376 g/mol. The highest BCUT2D eigenvalue weighted by Gasteiger charge is 2.22. The lowest BCUT2D eigenvalue weighted by atomic mass is 10.1. The summed E-state index contributed by atoms with van der Waals surface area (Å²) in [5.74, 6) is -0.576. The molecule has 3 aliphatic rings. The van der Waals surface area contributed by atoms with Gasteiger partial charge in [-0.05, 0) is 17.7 Å². The maximum absolute atomic E-state index is 12.1. The van der Waals surface area contributed by atoms with Crippen molar-refractivity contribution in [2.75, 3.05) is 40.0 Å². The van der Waals surface area contributed by atoms with Crippen LogP contribution in [0.25, 0.3) is 16.9 Å². The van der Waals surface area contributed by atoms with Crippen molar-refractivity contribution in [3.8, 4) is 16.9 Å². The first-order valence-corrected chi connectivity index (χ1v) is 9.34. The number of fused-ring (bicyclic) bond motifs is 1. The number of nitrogens with zero attached hydrogens (tertiary/aromatic N) is 3. The van der Waals surface area contributed by atoms with Crippen molar-refractivity contribution in [2.24, 2.45) is 0 Å². The molecular formula is C20H22N4O5. The summed E-state index contributed by atoms with van der Waals surface area (Å²) in [5, 5.41) is 16.8. The molecule has 1 atom stereocenters. The Labute approximate surface area is 166 Å². The lowest BCUT2D eigenvalue weighted by Gasteiger charge is -2.28. The summed E-state index contributed by atoms with van der Waals surface area (Å²) in [6.07, 6.45) is 2.59. The van der Waals surface area contributed by atoms with Crippen molar-refractivity contribution in [3.63, 3.8) is 0 Å². The van der Waals surface area contributed by atoms with Crippen LogP contribution in [0, 0.1) is 0 Å². The largest absolute Gasteiger partial charge is 0.465 e. The maximum Gasteiger partial charge on any atom is 0.341 e. The number of aliphatic hydroxyl groups is 1. The maximum atomic E-state index is 12.1. The van der Waals surface area contributed by atoms with Crippen molar-refractivity contribution in [1.82, 2.24) is 19.7 Å². The smallest absolute Gasteiger partial charge is 0.341 e. The van der Waals surface area contributed by atoms with Crippen LogP contribution >= 0.6 is 0 Å². The first-order chi connectivity index (χ1) is 14.1. The molecule has 0 spiro atoms. The summed E-state index contributed by atoms with van der Waals surface area (Å²) in [6.45, 7) is 3.53. The predicted octanol–water partition coefficient (Wildman–Crippen LogP) is 0.818. The molecule has 0 radical (unpaired) electrons. The van der Waals surface area contributed by atoms with E-state index in [1.165, 1.54) is 7.11 Å². The molecule has 1 unspecified atom stereocenters. The number of benzene rings is 1. The lowest BCUT2D eigenvalue weighted by molar-refractivity contribution is 0.0143. The normalized spacial score (nSPS) is 16.1. The SMILES string of the molecule is COC(=O)c1cn(-c2ccc(C(O)CN3CCOCC3)cc2)cc2c(=O)[nH]nc1-2. The number of morpholine rings is 1. The second-order valence-electron chi connectivity index (χ2n) is 6.91. The standard InChI is InChI=1S/C20H22N4O5/c1-28-20(27)16-11-24(10-15-18(16)21-22-19(15)26)14-4-2-13(3-5-14)17(25)12-23-6-8-29-9-7-23/h2-5,10-11,17,25H,6-9,12H2,1H3,(H,22,26). The van der Waals surface area contributed by atoms with Gasteiger partial charge in [0.1, 0.15) is 11.3 Å². The molecule has 0 saturated carbocycles. The monoisotopic (exact) mass is 398 g/mol. The number of ether oxygens (including phenoxy) is 2. The van der Waals surface area contributed by atoms with Crippen LogP contribution in [0.3, 0.4) is 0 Å². The number of nitrogens with one attached hydrogen (secondary N) is 1. The highest BCUT2D eigenvalue weighted by Crippen LogP contribution is 2.24. The number of aromatic nitrogens is 3. The van der Waals surface area contributed by atoms with E-state index in [4.69, 9.17) is 9.47 Å². The minimum atomic E-state index is -0.609. The molecule has 0 bridgehead atoms. The van der Waals surface area contributed by atoms with Gasteiger partial charge in [-0.3, -0.25) is 9.69 Å². The summed E-state index contributed by atoms with van der Waals surface area (Å²) in [5.41, 5.74) is 1.92. The number of pyridine rings is 1. The number of β-amino-alcohol motifs (C(OH)–C–C–N with tert-alkyl or cyclic N) is 1. The van der Waals surface area contributed by atoms with Gasteiger partial charge >= 0.3 is 5.97 Å². The fraction of sp³-hybridized carbons (Fsp3) is 0.350. The minimum absolute atomic E-state index is 0.194. The minimum Gasteiger partial charge on any atom is -0.465 e. The molecule has 0 amide bonds. The molecule has 1 fully saturated rings. The van der Waals surface area contributed by atoms with E-state index < -0.39 is 12.1 Å². The van der Waals surface area contributed by atoms with Crippen molar-refractivity contribution >= 4 is 5.97 Å². The van der Waals surface area contributed by atoms with Gasteiger partial charge in [-0.2, -0.15) is 5.10 Å². The zero-order valence-corrected chi connectivity index (χ0v) is 16.0. The lowest BCUT2D eigenvalue weighted by Crippen LogP contribution is -2.38. The van der Waals surface area contributed by atoms with E-state index >= 15 is 0 Å². The van der Waals surface area contributed by atoms with Crippen LogP contribution in [0.1, 0.15) is 22.0 Å². The number of rotatable bonds is 5. The van der Waals surface area contributed by atoms with Crippen molar-refractivity contribution in [3.05, 3.63) is 58.1 Å². The van der Waals surface area contributed by atoms with Crippen LogP contribution in [0.15, 0.2) is 41.5 Å². The molecule has 3 heterocycles. The van der Waals surface area contributed by atoms with Gasteiger partial charge in [0, 0.05) is 37.7 Å². The molecule has 2 N–H and O–H groups in total.